The molecule has 0 saturated carbocycles. The van der Waals surface area contributed by atoms with Gasteiger partial charge in [0.1, 0.15) is 5.82 Å². The van der Waals surface area contributed by atoms with Crippen LogP contribution in [-0.4, -0.2) is 8.42 Å². The second-order valence-electron chi connectivity index (χ2n) is 4.09. The van der Waals surface area contributed by atoms with Gasteiger partial charge in [-0.05, 0) is 33.6 Å². The SMILES string of the molecule is O=S(=O)(Cc1ccccc1)Nc1c(Cl)cc(F)cc1Br. The topological polar surface area (TPSA) is 46.2 Å². The van der Waals surface area contributed by atoms with Gasteiger partial charge in [-0.15, -0.1) is 0 Å². The largest absolute Gasteiger partial charge is 0.281 e. The average Bonchev–Trinajstić information content (AvgIpc) is 2.34. The van der Waals surface area contributed by atoms with E-state index in [-0.39, 0.29) is 20.9 Å². The molecule has 0 atom stereocenters. The highest BCUT2D eigenvalue weighted by Crippen LogP contribution is 2.32. The number of sulfonamides is 1. The molecule has 2 rings (SSSR count). The molecule has 0 fully saturated rings. The van der Waals surface area contributed by atoms with Gasteiger partial charge in [-0.2, -0.15) is 0 Å². The molecular weight excluding hydrogens is 369 g/mol. The van der Waals surface area contributed by atoms with Crippen molar-refractivity contribution in [2.75, 3.05) is 4.72 Å². The molecule has 7 heteroatoms. The van der Waals surface area contributed by atoms with Crippen LogP contribution < -0.4 is 4.72 Å². The van der Waals surface area contributed by atoms with E-state index >= 15 is 0 Å². The van der Waals surface area contributed by atoms with Crippen LogP contribution in [0.1, 0.15) is 5.56 Å². The van der Waals surface area contributed by atoms with Gasteiger partial charge in [0, 0.05) is 4.47 Å². The second-order valence-corrected chi connectivity index (χ2v) is 7.08. The van der Waals surface area contributed by atoms with Gasteiger partial charge in [-0.3, -0.25) is 4.72 Å². The molecule has 0 aliphatic carbocycles. The summed E-state index contributed by atoms with van der Waals surface area (Å²) in [5.74, 6) is -0.735. The molecular formula is C13H10BrClFNO2S. The van der Waals surface area contributed by atoms with Crippen LogP contribution in [0.4, 0.5) is 10.1 Å². The molecule has 0 radical (unpaired) electrons. The lowest BCUT2D eigenvalue weighted by molar-refractivity contribution is 0.600. The molecule has 106 valence electrons. The summed E-state index contributed by atoms with van der Waals surface area (Å²) >= 11 is 8.93. The summed E-state index contributed by atoms with van der Waals surface area (Å²) in [4.78, 5) is 0. The van der Waals surface area contributed by atoms with Gasteiger partial charge >= 0.3 is 0 Å². The minimum absolute atomic E-state index is 0.00601. The van der Waals surface area contributed by atoms with Crippen LogP contribution >= 0.6 is 27.5 Å². The van der Waals surface area contributed by atoms with E-state index in [1.165, 1.54) is 0 Å². The fourth-order valence-electron chi connectivity index (χ4n) is 1.62. The minimum Gasteiger partial charge on any atom is -0.281 e. The first-order valence-corrected chi connectivity index (χ1v) is 8.39. The molecule has 0 aliphatic rings. The Balaban J connectivity index is 2.25. The molecule has 0 saturated heterocycles. The van der Waals surface area contributed by atoms with Crippen LogP contribution in [0.15, 0.2) is 46.9 Å². The van der Waals surface area contributed by atoms with E-state index in [1.807, 2.05) is 0 Å². The Morgan fingerprint density at radius 1 is 1.20 bits per heavy atom. The lowest BCUT2D eigenvalue weighted by Gasteiger charge is -2.11. The number of anilines is 1. The summed E-state index contributed by atoms with van der Waals surface area (Å²) in [5, 5.41) is -0.00601. The van der Waals surface area contributed by atoms with Gasteiger partial charge in [0.25, 0.3) is 0 Å². The molecule has 0 spiro atoms. The Labute approximate surface area is 130 Å². The standard InChI is InChI=1S/C13H10BrClFNO2S/c14-11-6-10(16)7-12(15)13(11)17-20(18,19)8-9-4-2-1-3-5-9/h1-7,17H,8H2. The number of rotatable bonds is 4. The highest BCUT2D eigenvalue weighted by Gasteiger charge is 2.16. The third kappa shape index (κ3) is 3.94. The Morgan fingerprint density at radius 2 is 1.85 bits per heavy atom. The van der Waals surface area contributed by atoms with E-state index in [4.69, 9.17) is 11.6 Å². The zero-order chi connectivity index (χ0) is 14.8. The molecule has 0 bridgehead atoms. The van der Waals surface area contributed by atoms with E-state index in [0.29, 0.717) is 5.56 Å². The van der Waals surface area contributed by atoms with Gasteiger partial charge in [0.05, 0.1) is 16.5 Å². The van der Waals surface area contributed by atoms with Gasteiger partial charge in [0.2, 0.25) is 10.0 Å². The highest BCUT2D eigenvalue weighted by molar-refractivity contribution is 9.10. The average molecular weight is 379 g/mol. The first-order valence-electron chi connectivity index (χ1n) is 5.56. The lowest BCUT2D eigenvalue weighted by Crippen LogP contribution is -2.15. The van der Waals surface area contributed by atoms with Gasteiger partial charge in [-0.1, -0.05) is 41.9 Å². The molecule has 0 heterocycles. The van der Waals surface area contributed by atoms with Gasteiger partial charge < -0.3 is 0 Å². The first kappa shape index (κ1) is 15.3. The lowest BCUT2D eigenvalue weighted by atomic mass is 10.2. The summed E-state index contributed by atoms with van der Waals surface area (Å²) in [5.41, 5.74) is 0.776. The number of nitrogens with one attached hydrogen (secondary N) is 1. The van der Waals surface area contributed by atoms with E-state index in [1.54, 1.807) is 30.3 Å². The number of benzene rings is 2. The summed E-state index contributed by atoms with van der Waals surface area (Å²) in [6.45, 7) is 0. The van der Waals surface area contributed by atoms with Gasteiger partial charge in [0.15, 0.2) is 0 Å². The first-order chi connectivity index (χ1) is 9.37. The van der Waals surface area contributed by atoms with Crippen LogP contribution in [0.5, 0.6) is 0 Å². The molecule has 0 aromatic heterocycles. The maximum atomic E-state index is 13.1. The van der Waals surface area contributed by atoms with Crippen molar-refractivity contribution in [3.63, 3.8) is 0 Å². The number of halogens is 3. The van der Waals surface area contributed by atoms with E-state index in [9.17, 15) is 12.8 Å². The molecule has 20 heavy (non-hydrogen) atoms. The minimum atomic E-state index is -3.63. The van der Waals surface area contributed by atoms with Crippen molar-refractivity contribution >= 4 is 43.2 Å². The van der Waals surface area contributed by atoms with Crippen LogP contribution in [0.25, 0.3) is 0 Å². The molecule has 0 unspecified atom stereocenters. The zero-order valence-electron chi connectivity index (χ0n) is 10.1. The summed E-state index contributed by atoms with van der Waals surface area (Å²) in [6.07, 6.45) is 0. The zero-order valence-corrected chi connectivity index (χ0v) is 13.3. The number of hydrogen-bond donors (Lipinski definition) is 1. The van der Waals surface area contributed by atoms with Crippen molar-refractivity contribution < 1.29 is 12.8 Å². The van der Waals surface area contributed by atoms with Crippen molar-refractivity contribution in [3.8, 4) is 0 Å². The molecule has 1 N–H and O–H groups in total. The third-order valence-corrected chi connectivity index (χ3v) is 4.62. The van der Waals surface area contributed by atoms with Crippen molar-refractivity contribution in [1.29, 1.82) is 0 Å². The predicted molar refractivity (Wildman–Crippen MR) is 81.8 cm³/mol. The Morgan fingerprint density at radius 3 is 2.45 bits per heavy atom. The van der Waals surface area contributed by atoms with E-state index < -0.39 is 15.8 Å². The molecule has 0 amide bonds. The van der Waals surface area contributed by atoms with Crippen molar-refractivity contribution in [2.24, 2.45) is 0 Å². The Kier molecular flexibility index (Phi) is 4.67. The number of hydrogen-bond acceptors (Lipinski definition) is 2. The van der Waals surface area contributed by atoms with E-state index in [2.05, 4.69) is 20.7 Å². The molecule has 3 nitrogen and oxygen atoms in total. The third-order valence-electron chi connectivity index (χ3n) is 2.46. The fourth-order valence-corrected chi connectivity index (χ4v) is 3.95. The molecule has 2 aromatic rings. The summed E-state index contributed by atoms with van der Waals surface area (Å²) < 4.78 is 39.9. The Bertz CT molecular complexity index is 699. The normalized spacial score (nSPS) is 11.3. The monoisotopic (exact) mass is 377 g/mol. The van der Waals surface area contributed by atoms with Crippen molar-refractivity contribution in [1.82, 2.24) is 0 Å². The molecule has 0 aliphatic heterocycles. The van der Waals surface area contributed by atoms with Gasteiger partial charge in [-0.25, -0.2) is 12.8 Å². The Hall–Kier alpha value is -1.11. The van der Waals surface area contributed by atoms with Crippen LogP contribution in [-0.2, 0) is 15.8 Å². The smallest absolute Gasteiger partial charge is 0.237 e. The second kappa shape index (κ2) is 6.11. The van der Waals surface area contributed by atoms with Crippen molar-refractivity contribution in [2.45, 2.75) is 5.75 Å². The quantitative estimate of drug-likeness (QED) is 0.867. The summed E-state index contributed by atoms with van der Waals surface area (Å²) in [6, 6.07) is 10.9. The van der Waals surface area contributed by atoms with Crippen molar-refractivity contribution in [3.05, 3.63) is 63.3 Å². The maximum absolute atomic E-state index is 13.1. The van der Waals surface area contributed by atoms with Crippen LogP contribution in [0.3, 0.4) is 0 Å². The highest BCUT2D eigenvalue weighted by atomic mass is 79.9. The van der Waals surface area contributed by atoms with E-state index in [0.717, 1.165) is 12.1 Å². The predicted octanol–water partition coefficient (Wildman–Crippen LogP) is 4.18. The summed E-state index contributed by atoms with van der Waals surface area (Å²) in [7, 11) is -3.63. The maximum Gasteiger partial charge on any atom is 0.237 e. The van der Waals surface area contributed by atoms with Crippen LogP contribution in [0, 0.1) is 5.82 Å². The molecule has 2 aromatic carbocycles. The fraction of sp³-hybridized carbons (Fsp3) is 0.0769. The van der Waals surface area contributed by atoms with Crippen LogP contribution in [0.2, 0.25) is 5.02 Å².